The molecule has 0 fully saturated rings. The summed E-state index contributed by atoms with van der Waals surface area (Å²) in [6.07, 6.45) is 11.3. The Hall–Kier alpha value is -2.40. The molecule has 0 heterocycles. The standard InChI is InChI=1S/C26H38O5/c1-29-25-19-21(13-15-23(25)27)11-7-3-5-9-17-31-18-10-6-4-8-12-22-14-16-24(28)26(20-22)30-2/h13-16,19-20,27-28H,3-12,17-18H2,1-2H3. The molecule has 2 N–H and O–H groups in total. The Morgan fingerprint density at radius 1 is 0.581 bits per heavy atom. The van der Waals surface area contributed by atoms with Gasteiger partial charge in [0.1, 0.15) is 0 Å². The molecule has 0 unspecified atom stereocenters. The van der Waals surface area contributed by atoms with E-state index in [1.807, 2.05) is 24.3 Å². The predicted octanol–water partition coefficient (Wildman–Crippen LogP) is 6.04. The number of hydrogen-bond acceptors (Lipinski definition) is 5. The summed E-state index contributed by atoms with van der Waals surface area (Å²) in [4.78, 5) is 0. The van der Waals surface area contributed by atoms with Crippen LogP contribution in [0.1, 0.15) is 62.5 Å². The van der Waals surface area contributed by atoms with Crippen LogP contribution in [0.25, 0.3) is 0 Å². The molecule has 5 heteroatoms. The van der Waals surface area contributed by atoms with E-state index >= 15 is 0 Å². The minimum Gasteiger partial charge on any atom is -0.504 e. The van der Waals surface area contributed by atoms with Gasteiger partial charge in [-0.3, -0.25) is 0 Å². The van der Waals surface area contributed by atoms with Gasteiger partial charge in [-0.2, -0.15) is 0 Å². The highest BCUT2D eigenvalue weighted by Gasteiger charge is 2.03. The van der Waals surface area contributed by atoms with E-state index in [1.165, 1.54) is 36.8 Å². The number of rotatable bonds is 16. The third-order valence-corrected chi connectivity index (χ3v) is 5.50. The number of phenols is 2. The van der Waals surface area contributed by atoms with Gasteiger partial charge in [-0.25, -0.2) is 0 Å². The molecule has 0 spiro atoms. The molecule has 2 aromatic carbocycles. The molecule has 2 rings (SSSR count). The summed E-state index contributed by atoms with van der Waals surface area (Å²) in [5.41, 5.74) is 2.41. The normalized spacial score (nSPS) is 10.9. The van der Waals surface area contributed by atoms with Gasteiger partial charge in [0.25, 0.3) is 0 Å². The molecule has 0 saturated carbocycles. The molecule has 0 atom stereocenters. The van der Waals surface area contributed by atoms with Crippen molar-refractivity contribution in [1.29, 1.82) is 0 Å². The van der Waals surface area contributed by atoms with Crippen molar-refractivity contribution in [2.45, 2.75) is 64.2 Å². The van der Waals surface area contributed by atoms with Gasteiger partial charge in [-0.05, 0) is 73.9 Å². The topological polar surface area (TPSA) is 68.2 Å². The molecule has 0 radical (unpaired) electrons. The van der Waals surface area contributed by atoms with E-state index in [0.717, 1.165) is 51.7 Å². The Morgan fingerprint density at radius 2 is 1.00 bits per heavy atom. The second-order valence-electron chi connectivity index (χ2n) is 7.95. The van der Waals surface area contributed by atoms with Crippen LogP contribution in [0.15, 0.2) is 36.4 Å². The fraction of sp³-hybridized carbons (Fsp3) is 0.538. The zero-order valence-corrected chi connectivity index (χ0v) is 19.1. The van der Waals surface area contributed by atoms with Crippen molar-refractivity contribution in [2.24, 2.45) is 0 Å². The number of phenolic OH excluding ortho intramolecular Hbond substituents is 2. The first-order valence-electron chi connectivity index (χ1n) is 11.4. The number of ether oxygens (including phenoxy) is 3. The molecule has 0 aromatic heterocycles. The lowest BCUT2D eigenvalue weighted by Crippen LogP contribution is -1.98. The number of aryl methyl sites for hydroxylation is 2. The van der Waals surface area contributed by atoms with E-state index in [0.29, 0.717) is 11.5 Å². The first-order chi connectivity index (χ1) is 15.1. The molecular weight excluding hydrogens is 392 g/mol. The van der Waals surface area contributed by atoms with Crippen molar-refractivity contribution in [3.63, 3.8) is 0 Å². The summed E-state index contributed by atoms with van der Waals surface area (Å²) < 4.78 is 16.1. The van der Waals surface area contributed by atoms with E-state index in [-0.39, 0.29) is 11.5 Å². The summed E-state index contributed by atoms with van der Waals surface area (Å²) in [5.74, 6) is 1.49. The van der Waals surface area contributed by atoms with Crippen molar-refractivity contribution >= 4 is 0 Å². The van der Waals surface area contributed by atoms with Crippen LogP contribution in [0.3, 0.4) is 0 Å². The predicted molar refractivity (Wildman–Crippen MR) is 124 cm³/mol. The second-order valence-corrected chi connectivity index (χ2v) is 7.95. The summed E-state index contributed by atoms with van der Waals surface area (Å²) >= 11 is 0. The third kappa shape index (κ3) is 9.52. The van der Waals surface area contributed by atoms with Crippen molar-refractivity contribution in [3.8, 4) is 23.0 Å². The summed E-state index contributed by atoms with van der Waals surface area (Å²) in [6.45, 7) is 1.70. The van der Waals surface area contributed by atoms with Crippen LogP contribution in [0.2, 0.25) is 0 Å². The number of hydrogen-bond donors (Lipinski definition) is 2. The average Bonchev–Trinajstić information content (AvgIpc) is 2.78. The Bertz CT molecular complexity index is 696. The molecule has 5 nitrogen and oxygen atoms in total. The van der Waals surface area contributed by atoms with E-state index in [2.05, 4.69) is 0 Å². The molecule has 31 heavy (non-hydrogen) atoms. The second kappa shape index (κ2) is 14.6. The Morgan fingerprint density at radius 3 is 1.42 bits per heavy atom. The van der Waals surface area contributed by atoms with E-state index in [9.17, 15) is 10.2 Å². The van der Waals surface area contributed by atoms with Crippen molar-refractivity contribution in [2.75, 3.05) is 27.4 Å². The molecular formula is C26H38O5. The monoisotopic (exact) mass is 430 g/mol. The fourth-order valence-corrected chi connectivity index (χ4v) is 3.63. The van der Waals surface area contributed by atoms with Crippen LogP contribution < -0.4 is 9.47 Å². The smallest absolute Gasteiger partial charge is 0.160 e. The quantitative estimate of drug-likeness (QED) is 0.318. The third-order valence-electron chi connectivity index (χ3n) is 5.50. The summed E-state index contributed by atoms with van der Waals surface area (Å²) in [7, 11) is 3.16. The Labute approximate surface area is 187 Å². The number of unbranched alkanes of at least 4 members (excludes halogenated alkanes) is 6. The lowest BCUT2D eigenvalue weighted by atomic mass is 10.1. The number of aromatic hydroxyl groups is 2. The zero-order chi connectivity index (χ0) is 22.3. The first-order valence-corrected chi connectivity index (χ1v) is 11.4. The molecule has 0 saturated heterocycles. The Balaban J connectivity index is 1.40. The molecule has 172 valence electrons. The summed E-state index contributed by atoms with van der Waals surface area (Å²) in [5, 5.41) is 19.3. The lowest BCUT2D eigenvalue weighted by Gasteiger charge is -2.07. The lowest BCUT2D eigenvalue weighted by molar-refractivity contribution is 0.125. The molecule has 2 aromatic rings. The van der Waals surface area contributed by atoms with Crippen molar-refractivity contribution in [1.82, 2.24) is 0 Å². The van der Waals surface area contributed by atoms with Crippen LogP contribution in [-0.4, -0.2) is 37.6 Å². The van der Waals surface area contributed by atoms with Crippen LogP contribution in [0.4, 0.5) is 0 Å². The fourth-order valence-electron chi connectivity index (χ4n) is 3.63. The SMILES string of the molecule is COc1cc(CCCCCCOCCCCCCc2ccc(O)c(OC)c2)ccc1O. The molecule has 0 aliphatic heterocycles. The van der Waals surface area contributed by atoms with Gasteiger partial charge in [0.15, 0.2) is 23.0 Å². The average molecular weight is 431 g/mol. The maximum Gasteiger partial charge on any atom is 0.160 e. The van der Waals surface area contributed by atoms with Crippen LogP contribution in [-0.2, 0) is 17.6 Å². The van der Waals surface area contributed by atoms with Crippen LogP contribution in [0.5, 0.6) is 23.0 Å². The molecule has 0 aliphatic rings. The number of benzene rings is 2. The Kier molecular flexibility index (Phi) is 11.7. The van der Waals surface area contributed by atoms with E-state index in [1.54, 1.807) is 26.4 Å². The highest BCUT2D eigenvalue weighted by Crippen LogP contribution is 2.28. The van der Waals surface area contributed by atoms with Crippen molar-refractivity contribution in [3.05, 3.63) is 47.5 Å². The molecule has 0 bridgehead atoms. The van der Waals surface area contributed by atoms with Gasteiger partial charge < -0.3 is 24.4 Å². The van der Waals surface area contributed by atoms with Gasteiger partial charge in [0.2, 0.25) is 0 Å². The number of methoxy groups -OCH3 is 2. The molecule has 0 aliphatic carbocycles. The summed E-state index contributed by atoms with van der Waals surface area (Å²) in [6, 6.07) is 11.2. The minimum absolute atomic E-state index is 0.196. The highest BCUT2D eigenvalue weighted by atomic mass is 16.5. The zero-order valence-electron chi connectivity index (χ0n) is 19.1. The van der Waals surface area contributed by atoms with Gasteiger partial charge in [0, 0.05) is 13.2 Å². The van der Waals surface area contributed by atoms with E-state index in [4.69, 9.17) is 14.2 Å². The van der Waals surface area contributed by atoms with Gasteiger partial charge in [-0.1, -0.05) is 37.8 Å². The minimum atomic E-state index is 0.196. The van der Waals surface area contributed by atoms with Gasteiger partial charge >= 0.3 is 0 Å². The maximum atomic E-state index is 9.63. The van der Waals surface area contributed by atoms with E-state index < -0.39 is 0 Å². The maximum absolute atomic E-state index is 9.63. The first kappa shape index (κ1) is 24.9. The largest absolute Gasteiger partial charge is 0.504 e. The van der Waals surface area contributed by atoms with Gasteiger partial charge in [-0.15, -0.1) is 0 Å². The van der Waals surface area contributed by atoms with Crippen molar-refractivity contribution < 1.29 is 24.4 Å². The van der Waals surface area contributed by atoms with Crippen LogP contribution >= 0.6 is 0 Å². The highest BCUT2D eigenvalue weighted by molar-refractivity contribution is 5.42. The molecule has 0 amide bonds. The van der Waals surface area contributed by atoms with Crippen LogP contribution in [0, 0.1) is 0 Å². The van der Waals surface area contributed by atoms with Gasteiger partial charge in [0.05, 0.1) is 14.2 Å².